The van der Waals surface area contributed by atoms with Crippen LogP contribution in [0.1, 0.15) is 36.2 Å². The van der Waals surface area contributed by atoms with Crippen molar-refractivity contribution < 1.29 is 9.53 Å². The fourth-order valence-corrected chi connectivity index (χ4v) is 4.26. The molecule has 138 valence electrons. The first kappa shape index (κ1) is 17.4. The zero-order chi connectivity index (χ0) is 17.9. The highest BCUT2D eigenvalue weighted by Crippen LogP contribution is 2.23. The molecule has 2 aromatic rings. The predicted octanol–water partition coefficient (Wildman–Crippen LogP) is 2.95. The van der Waals surface area contributed by atoms with Crippen molar-refractivity contribution in [2.75, 3.05) is 33.3 Å². The molecule has 0 unspecified atom stereocenters. The van der Waals surface area contributed by atoms with E-state index in [-0.39, 0.29) is 5.91 Å². The minimum absolute atomic E-state index is 0.0623. The molecule has 4 rings (SSSR count). The molecule has 1 amide bonds. The summed E-state index contributed by atoms with van der Waals surface area (Å²) >= 11 is 0. The Bertz CT molecular complexity index is 763. The van der Waals surface area contributed by atoms with Crippen molar-refractivity contribution in [2.45, 2.75) is 37.8 Å². The summed E-state index contributed by atoms with van der Waals surface area (Å²) in [5.41, 5.74) is 1.44. The van der Waals surface area contributed by atoms with Crippen LogP contribution in [-0.2, 0) is 4.74 Å². The Hall–Kier alpha value is -1.98. The van der Waals surface area contributed by atoms with Gasteiger partial charge >= 0.3 is 0 Å². The summed E-state index contributed by atoms with van der Waals surface area (Å²) in [4.78, 5) is 22.0. The number of hydrogen-bond acceptors (Lipinski definition) is 4. The number of carbonyl (C=O) groups is 1. The first-order valence-corrected chi connectivity index (χ1v) is 9.66. The summed E-state index contributed by atoms with van der Waals surface area (Å²) < 4.78 is 5.47. The van der Waals surface area contributed by atoms with Gasteiger partial charge in [0.05, 0.1) is 11.6 Å². The van der Waals surface area contributed by atoms with Gasteiger partial charge in [-0.1, -0.05) is 24.3 Å². The van der Waals surface area contributed by atoms with Gasteiger partial charge in [0.2, 0.25) is 0 Å². The molecule has 26 heavy (non-hydrogen) atoms. The highest BCUT2D eigenvalue weighted by Gasteiger charge is 2.30. The Morgan fingerprint density at radius 2 is 1.73 bits per heavy atom. The summed E-state index contributed by atoms with van der Waals surface area (Å²) in [7, 11) is 1.81. The van der Waals surface area contributed by atoms with Gasteiger partial charge in [-0.15, -0.1) is 0 Å². The molecule has 0 bridgehead atoms. The largest absolute Gasteiger partial charge is 0.381 e. The summed E-state index contributed by atoms with van der Waals surface area (Å²) in [6, 6.07) is 12.4. The van der Waals surface area contributed by atoms with Gasteiger partial charge in [-0.05, 0) is 37.8 Å². The molecular formula is C21H27N3O2. The first-order chi connectivity index (χ1) is 12.7. The molecule has 0 N–H and O–H groups in total. The topological polar surface area (TPSA) is 45.7 Å². The Kier molecular flexibility index (Phi) is 5.18. The van der Waals surface area contributed by atoms with Gasteiger partial charge in [0, 0.05) is 44.7 Å². The number of likely N-dealkylation sites (tertiary alicyclic amines) is 2. The van der Waals surface area contributed by atoms with Crippen molar-refractivity contribution in [1.29, 1.82) is 0 Å². The number of amides is 1. The molecule has 0 atom stereocenters. The second-order valence-corrected chi connectivity index (χ2v) is 7.38. The van der Waals surface area contributed by atoms with E-state index in [1.54, 1.807) is 0 Å². The molecular weight excluding hydrogens is 326 g/mol. The van der Waals surface area contributed by atoms with Crippen molar-refractivity contribution in [1.82, 2.24) is 14.8 Å². The van der Waals surface area contributed by atoms with Crippen molar-refractivity contribution in [3.63, 3.8) is 0 Å². The van der Waals surface area contributed by atoms with Crippen LogP contribution in [0.3, 0.4) is 0 Å². The van der Waals surface area contributed by atoms with E-state index in [4.69, 9.17) is 4.74 Å². The normalized spacial score (nSPS) is 20.6. The number of pyridine rings is 1. The van der Waals surface area contributed by atoms with E-state index >= 15 is 0 Å². The number of rotatable bonds is 3. The molecule has 5 heteroatoms. The van der Waals surface area contributed by atoms with E-state index in [1.165, 1.54) is 0 Å². The molecule has 2 aliphatic rings. The summed E-state index contributed by atoms with van der Waals surface area (Å²) in [6.07, 6.45) is 4.77. The summed E-state index contributed by atoms with van der Waals surface area (Å²) in [5.74, 6) is 0.0623. The van der Waals surface area contributed by atoms with Crippen LogP contribution in [0.15, 0.2) is 36.4 Å². The third-order valence-corrected chi connectivity index (χ3v) is 5.90. The van der Waals surface area contributed by atoms with Crippen molar-refractivity contribution >= 4 is 16.8 Å². The smallest absolute Gasteiger partial charge is 0.272 e. The zero-order valence-electron chi connectivity index (χ0n) is 15.4. The molecule has 5 nitrogen and oxygen atoms in total. The number of para-hydroxylation sites is 1. The molecule has 1 aromatic heterocycles. The van der Waals surface area contributed by atoms with E-state index in [2.05, 4.69) is 9.88 Å². The van der Waals surface area contributed by atoms with Crippen molar-refractivity contribution in [2.24, 2.45) is 0 Å². The SMILES string of the molecule is COC1CCN(C2CCN(C(=O)c3ccc4ccccc4n3)CC2)CC1. The molecule has 2 aliphatic heterocycles. The summed E-state index contributed by atoms with van der Waals surface area (Å²) in [5, 5.41) is 1.07. The Morgan fingerprint density at radius 3 is 2.46 bits per heavy atom. The first-order valence-electron chi connectivity index (χ1n) is 9.66. The monoisotopic (exact) mass is 353 g/mol. The third kappa shape index (κ3) is 3.60. The lowest BCUT2D eigenvalue weighted by atomic mass is 9.98. The van der Waals surface area contributed by atoms with Gasteiger partial charge in [0.1, 0.15) is 5.69 Å². The van der Waals surface area contributed by atoms with E-state index in [1.807, 2.05) is 48.4 Å². The molecule has 1 aromatic carbocycles. The highest BCUT2D eigenvalue weighted by molar-refractivity contribution is 5.94. The van der Waals surface area contributed by atoms with Crippen LogP contribution < -0.4 is 0 Å². The van der Waals surface area contributed by atoms with Crippen LogP contribution in [0.4, 0.5) is 0 Å². The Labute approximate surface area is 154 Å². The standard InChI is InChI=1S/C21H27N3O2/c1-26-18-10-14-23(15-11-18)17-8-12-24(13-9-17)21(25)20-7-6-16-4-2-3-5-19(16)22-20/h2-7,17-18H,8-15H2,1H3. The number of carbonyl (C=O) groups excluding carboxylic acids is 1. The van der Waals surface area contributed by atoms with Crippen LogP contribution in [0.5, 0.6) is 0 Å². The van der Waals surface area contributed by atoms with Crippen molar-refractivity contribution in [3.8, 4) is 0 Å². The lowest BCUT2D eigenvalue weighted by Crippen LogP contribution is -2.49. The van der Waals surface area contributed by atoms with E-state index in [0.29, 0.717) is 17.8 Å². The number of ether oxygens (including phenoxy) is 1. The molecule has 2 saturated heterocycles. The quantitative estimate of drug-likeness (QED) is 0.851. The molecule has 0 spiro atoms. The maximum atomic E-state index is 12.8. The van der Waals surface area contributed by atoms with E-state index < -0.39 is 0 Å². The molecule has 0 saturated carbocycles. The van der Waals surface area contributed by atoms with Crippen LogP contribution >= 0.6 is 0 Å². The van der Waals surface area contributed by atoms with E-state index in [0.717, 1.165) is 62.8 Å². The van der Waals surface area contributed by atoms with Crippen LogP contribution in [-0.4, -0.2) is 66.1 Å². The number of aromatic nitrogens is 1. The minimum atomic E-state index is 0.0623. The third-order valence-electron chi connectivity index (χ3n) is 5.90. The van der Waals surface area contributed by atoms with Gasteiger partial charge in [-0.2, -0.15) is 0 Å². The Morgan fingerprint density at radius 1 is 1.00 bits per heavy atom. The second-order valence-electron chi connectivity index (χ2n) is 7.38. The molecule has 0 aliphatic carbocycles. The fourth-order valence-electron chi connectivity index (χ4n) is 4.26. The predicted molar refractivity (Wildman–Crippen MR) is 102 cm³/mol. The maximum absolute atomic E-state index is 12.8. The average Bonchev–Trinajstić information content (AvgIpc) is 2.73. The molecule has 3 heterocycles. The maximum Gasteiger partial charge on any atom is 0.272 e. The second kappa shape index (κ2) is 7.72. The Balaban J connectivity index is 1.35. The lowest BCUT2D eigenvalue weighted by molar-refractivity contribution is 0.0145. The van der Waals surface area contributed by atoms with Gasteiger partial charge in [-0.3, -0.25) is 4.79 Å². The van der Waals surface area contributed by atoms with Gasteiger partial charge in [0.25, 0.3) is 5.91 Å². The summed E-state index contributed by atoms with van der Waals surface area (Å²) in [6.45, 7) is 3.87. The minimum Gasteiger partial charge on any atom is -0.381 e. The molecule has 0 radical (unpaired) electrons. The van der Waals surface area contributed by atoms with Crippen LogP contribution in [0, 0.1) is 0 Å². The number of methoxy groups -OCH3 is 1. The highest BCUT2D eigenvalue weighted by atomic mass is 16.5. The van der Waals surface area contributed by atoms with E-state index in [9.17, 15) is 4.79 Å². The van der Waals surface area contributed by atoms with Gasteiger partial charge in [-0.25, -0.2) is 4.98 Å². The van der Waals surface area contributed by atoms with Crippen LogP contribution in [0.25, 0.3) is 10.9 Å². The van der Waals surface area contributed by atoms with Crippen molar-refractivity contribution in [3.05, 3.63) is 42.1 Å². The number of benzene rings is 1. The average molecular weight is 353 g/mol. The van der Waals surface area contributed by atoms with Gasteiger partial charge < -0.3 is 14.5 Å². The number of piperidine rings is 2. The fraction of sp³-hybridized carbons (Fsp3) is 0.524. The number of fused-ring (bicyclic) bond motifs is 1. The number of nitrogens with zero attached hydrogens (tertiary/aromatic N) is 3. The van der Waals surface area contributed by atoms with Crippen LogP contribution in [0.2, 0.25) is 0 Å². The molecule has 2 fully saturated rings. The lowest BCUT2D eigenvalue weighted by Gasteiger charge is -2.41. The van der Waals surface area contributed by atoms with Gasteiger partial charge in [0.15, 0.2) is 0 Å². The number of hydrogen-bond donors (Lipinski definition) is 0. The zero-order valence-corrected chi connectivity index (χ0v) is 15.4.